The first-order valence-corrected chi connectivity index (χ1v) is 11.7. The Kier molecular flexibility index (Phi) is 9.04. The molecule has 0 bridgehead atoms. The fourth-order valence-corrected chi connectivity index (χ4v) is 4.45. The molecule has 0 radical (unpaired) electrons. The number of hydrogen-bond donors (Lipinski definition) is 0. The van der Waals surface area contributed by atoms with Gasteiger partial charge in [0.1, 0.15) is 0 Å². The minimum Gasteiger partial charge on any atom is -0.0917 e. The average molecular weight is 397 g/mol. The first kappa shape index (κ1) is 22.2. The summed E-state index contributed by atoms with van der Waals surface area (Å²) in [5.74, 6) is 8.47. The normalized spacial score (nSPS) is 19.1. The first-order chi connectivity index (χ1) is 14.8. The van der Waals surface area contributed by atoms with E-state index in [4.69, 9.17) is 0 Å². The Labute approximate surface area is 184 Å². The van der Waals surface area contributed by atoms with E-state index in [1.807, 2.05) is 6.92 Å². The van der Waals surface area contributed by atoms with Crippen molar-refractivity contribution in [2.45, 2.75) is 65.2 Å². The zero-order valence-electron chi connectivity index (χ0n) is 18.7. The van der Waals surface area contributed by atoms with Crippen LogP contribution in [0.1, 0.15) is 81.0 Å². The first-order valence-electron chi connectivity index (χ1n) is 11.7. The quantitative estimate of drug-likeness (QED) is 0.327. The Morgan fingerprint density at radius 1 is 0.733 bits per heavy atom. The fourth-order valence-electron chi connectivity index (χ4n) is 4.45. The molecule has 2 aromatic carbocycles. The van der Waals surface area contributed by atoms with Crippen LogP contribution in [0.5, 0.6) is 0 Å². The van der Waals surface area contributed by atoms with Crippen LogP contribution in [0, 0.1) is 23.7 Å². The van der Waals surface area contributed by atoms with Crippen LogP contribution in [0.15, 0.2) is 66.8 Å². The van der Waals surface area contributed by atoms with E-state index < -0.39 is 0 Å². The third-order valence-electron chi connectivity index (χ3n) is 6.36. The smallest absolute Gasteiger partial charge is 0.0249 e. The molecule has 0 heterocycles. The molecule has 0 aromatic heterocycles. The van der Waals surface area contributed by atoms with Crippen molar-refractivity contribution >= 4 is 6.08 Å². The monoisotopic (exact) mass is 396 g/mol. The standard InChI is InChI=1S/C30H36/c1-3-5-6-8-26-11-15-28(16-12-26)18-20-30-23-21-29(22-24-30)19-17-27-13-9-25(7-4-2)10-14-27/h3-5,7,9-10,13-14,21-24,26,28H,6,8,11-12,15-16,18,20H2,1-2H3/b5-3+,7-4+. The van der Waals surface area contributed by atoms with Crippen LogP contribution < -0.4 is 0 Å². The highest BCUT2D eigenvalue weighted by Crippen LogP contribution is 2.34. The van der Waals surface area contributed by atoms with Crippen molar-refractivity contribution in [1.29, 1.82) is 0 Å². The van der Waals surface area contributed by atoms with E-state index in [1.165, 1.54) is 62.5 Å². The van der Waals surface area contributed by atoms with Crippen LogP contribution >= 0.6 is 0 Å². The molecular formula is C30H36. The number of allylic oxidation sites excluding steroid dienone is 3. The van der Waals surface area contributed by atoms with Crippen molar-refractivity contribution in [3.8, 4) is 11.8 Å². The third kappa shape index (κ3) is 7.38. The number of hydrogen-bond acceptors (Lipinski definition) is 0. The molecule has 1 saturated carbocycles. The molecule has 1 fully saturated rings. The lowest BCUT2D eigenvalue weighted by Gasteiger charge is -2.28. The van der Waals surface area contributed by atoms with Crippen molar-refractivity contribution < 1.29 is 0 Å². The van der Waals surface area contributed by atoms with Gasteiger partial charge >= 0.3 is 0 Å². The van der Waals surface area contributed by atoms with E-state index >= 15 is 0 Å². The van der Waals surface area contributed by atoms with Gasteiger partial charge in [-0.15, -0.1) is 0 Å². The number of rotatable bonds is 7. The molecule has 156 valence electrons. The maximum Gasteiger partial charge on any atom is 0.0249 e. The van der Waals surface area contributed by atoms with Gasteiger partial charge in [-0.1, -0.05) is 86.1 Å². The summed E-state index contributed by atoms with van der Waals surface area (Å²) >= 11 is 0. The van der Waals surface area contributed by atoms with Crippen LogP contribution in [0.2, 0.25) is 0 Å². The number of benzene rings is 2. The second-order valence-corrected chi connectivity index (χ2v) is 8.64. The minimum atomic E-state index is 0.924. The summed E-state index contributed by atoms with van der Waals surface area (Å²) in [5.41, 5.74) is 4.83. The summed E-state index contributed by atoms with van der Waals surface area (Å²) in [6, 6.07) is 17.3. The van der Waals surface area contributed by atoms with Gasteiger partial charge in [-0.25, -0.2) is 0 Å². The lowest BCUT2D eigenvalue weighted by atomic mass is 9.78. The number of aryl methyl sites for hydroxylation is 1. The van der Waals surface area contributed by atoms with Crippen LogP contribution in [0.25, 0.3) is 6.08 Å². The van der Waals surface area contributed by atoms with Crippen LogP contribution in [0.4, 0.5) is 0 Å². The predicted molar refractivity (Wildman–Crippen MR) is 131 cm³/mol. The average Bonchev–Trinajstić information content (AvgIpc) is 2.79. The van der Waals surface area contributed by atoms with E-state index in [0.29, 0.717) is 0 Å². The maximum absolute atomic E-state index is 3.30. The van der Waals surface area contributed by atoms with Crippen LogP contribution in [-0.2, 0) is 6.42 Å². The molecule has 0 atom stereocenters. The molecule has 0 spiro atoms. The second kappa shape index (κ2) is 12.2. The van der Waals surface area contributed by atoms with E-state index in [0.717, 1.165) is 23.0 Å². The van der Waals surface area contributed by atoms with Crippen molar-refractivity contribution in [3.63, 3.8) is 0 Å². The summed E-state index contributed by atoms with van der Waals surface area (Å²) in [5, 5.41) is 0. The second-order valence-electron chi connectivity index (χ2n) is 8.64. The van der Waals surface area contributed by atoms with Gasteiger partial charge in [0.05, 0.1) is 0 Å². The molecule has 1 aliphatic carbocycles. The molecule has 2 aromatic rings. The van der Waals surface area contributed by atoms with Crippen molar-refractivity contribution in [2.24, 2.45) is 11.8 Å². The largest absolute Gasteiger partial charge is 0.0917 e. The predicted octanol–water partition coefficient (Wildman–Crippen LogP) is 8.21. The summed E-state index contributed by atoms with van der Waals surface area (Å²) in [4.78, 5) is 0. The maximum atomic E-state index is 3.30. The highest BCUT2D eigenvalue weighted by Gasteiger charge is 2.20. The molecule has 0 saturated heterocycles. The van der Waals surface area contributed by atoms with Gasteiger partial charge in [0.15, 0.2) is 0 Å². The third-order valence-corrected chi connectivity index (χ3v) is 6.36. The topological polar surface area (TPSA) is 0 Å². The molecule has 0 amide bonds. The van der Waals surface area contributed by atoms with Gasteiger partial charge in [-0.3, -0.25) is 0 Å². The van der Waals surface area contributed by atoms with Gasteiger partial charge < -0.3 is 0 Å². The van der Waals surface area contributed by atoms with Gasteiger partial charge in [-0.2, -0.15) is 0 Å². The SMILES string of the molecule is C/C=C/CCC1CCC(CCc2ccc(C#Cc3ccc(/C=C/C)cc3)cc2)CC1. The molecule has 0 heteroatoms. The Balaban J connectivity index is 1.43. The summed E-state index contributed by atoms with van der Waals surface area (Å²) in [7, 11) is 0. The van der Waals surface area contributed by atoms with Crippen LogP contribution in [-0.4, -0.2) is 0 Å². The van der Waals surface area contributed by atoms with Gasteiger partial charge in [0.25, 0.3) is 0 Å². The van der Waals surface area contributed by atoms with E-state index in [9.17, 15) is 0 Å². The molecule has 0 aliphatic heterocycles. The molecular weight excluding hydrogens is 360 g/mol. The van der Waals surface area contributed by atoms with Gasteiger partial charge in [0.2, 0.25) is 0 Å². The summed E-state index contributed by atoms with van der Waals surface area (Å²) < 4.78 is 0. The zero-order valence-corrected chi connectivity index (χ0v) is 18.7. The minimum absolute atomic E-state index is 0.924. The Hall–Kier alpha value is -2.52. The van der Waals surface area contributed by atoms with Crippen molar-refractivity contribution in [1.82, 2.24) is 0 Å². The lowest BCUT2D eigenvalue weighted by molar-refractivity contribution is 0.254. The molecule has 1 aliphatic rings. The van der Waals surface area contributed by atoms with Crippen molar-refractivity contribution in [3.05, 3.63) is 89.0 Å². The molecule has 0 nitrogen and oxygen atoms in total. The van der Waals surface area contributed by atoms with Crippen molar-refractivity contribution in [2.75, 3.05) is 0 Å². The zero-order chi connectivity index (χ0) is 21.0. The fraction of sp³-hybridized carbons (Fsp3) is 0.400. The van der Waals surface area contributed by atoms with Gasteiger partial charge in [0, 0.05) is 11.1 Å². The Bertz CT molecular complexity index is 860. The van der Waals surface area contributed by atoms with Gasteiger partial charge in [-0.05, 0) is 86.8 Å². The Morgan fingerprint density at radius 3 is 1.87 bits per heavy atom. The summed E-state index contributed by atoms with van der Waals surface area (Å²) in [6.45, 7) is 4.16. The Morgan fingerprint density at radius 2 is 1.30 bits per heavy atom. The molecule has 3 rings (SSSR count). The highest BCUT2D eigenvalue weighted by atomic mass is 14.3. The summed E-state index contributed by atoms with van der Waals surface area (Å²) in [6.07, 6.45) is 19.6. The molecule has 0 unspecified atom stereocenters. The van der Waals surface area contributed by atoms with E-state index in [-0.39, 0.29) is 0 Å². The highest BCUT2D eigenvalue weighted by molar-refractivity contribution is 5.52. The molecule has 30 heavy (non-hydrogen) atoms. The van der Waals surface area contributed by atoms with E-state index in [2.05, 4.69) is 91.6 Å². The van der Waals surface area contributed by atoms with Crippen LogP contribution in [0.3, 0.4) is 0 Å². The lowest BCUT2D eigenvalue weighted by Crippen LogP contribution is -2.15. The van der Waals surface area contributed by atoms with E-state index in [1.54, 1.807) is 0 Å². The molecule has 0 N–H and O–H groups in total.